The van der Waals surface area contributed by atoms with Crippen molar-refractivity contribution in [1.29, 1.82) is 0 Å². The van der Waals surface area contributed by atoms with E-state index in [9.17, 15) is 8.42 Å². The van der Waals surface area contributed by atoms with E-state index >= 15 is 0 Å². The van der Waals surface area contributed by atoms with Crippen molar-refractivity contribution in [3.05, 3.63) is 12.1 Å². The third kappa shape index (κ3) is 2.98. The Hall–Kier alpha value is -1.04. The first-order valence-corrected chi connectivity index (χ1v) is 5.85. The fraction of sp³-hybridized carbons (Fsp3) is 0. The lowest BCUT2D eigenvalue weighted by Gasteiger charge is -2.08. The number of benzene rings is 1. The van der Waals surface area contributed by atoms with E-state index in [1.807, 2.05) is 0 Å². The summed E-state index contributed by atoms with van der Waals surface area (Å²) < 4.78 is 34.8. The van der Waals surface area contributed by atoms with Crippen LogP contribution in [0.25, 0.3) is 0 Å². The van der Waals surface area contributed by atoms with Gasteiger partial charge in [0.15, 0.2) is 0 Å². The molecule has 0 amide bonds. The number of hydrogen-bond acceptors (Lipinski definition) is 8. The van der Waals surface area contributed by atoms with E-state index in [-0.39, 0.29) is 16.3 Å². The van der Waals surface area contributed by atoms with Crippen molar-refractivity contribution in [2.75, 3.05) is 11.5 Å². The normalized spacial score (nSPS) is 11.6. The molecule has 0 unspecified atom stereocenters. The molecule has 6 N–H and O–H groups in total. The molecule has 0 saturated carbocycles. The highest BCUT2D eigenvalue weighted by Crippen LogP contribution is 2.33. The van der Waals surface area contributed by atoms with Crippen molar-refractivity contribution in [1.82, 2.24) is 0 Å². The number of hydrogen-bond donors (Lipinski definition) is 4. The zero-order valence-electron chi connectivity index (χ0n) is 7.65. The van der Waals surface area contributed by atoms with Crippen LogP contribution in [-0.4, -0.2) is 18.2 Å². The maximum absolute atomic E-state index is 10.9. The Labute approximate surface area is 95.0 Å². The second-order valence-electron chi connectivity index (χ2n) is 2.63. The minimum absolute atomic E-state index is 0.0471. The monoisotopic (exact) mass is 268 g/mol. The van der Waals surface area contributed by atoms with Gasteiger partial charge in [-0.3, -0.25) is 4.55 Å². The van der Waals surface area contributed by atoms with Crippen LogP contribution in [-0.2, 0) is 19.5 Å². The number of anilines is 2. The van der Waals surface area contributed by atoms with Gasteiger partial charge in [-0.2, -0.15) is 8.42 Å². The number of rotatable bonds is 4. The zero-order valence-corrected chi connectivity index (χ0v) is 9.29. The first-order chi connectivity index (χ1) is 7.36. The van der Waals surface area contributed by atoms with Crippen LogP contribution in [0, 0.1) is 0 Å². The smallest absolute Gasteiger partial charge is 0.296 e. The van der Waals surface area contributed by atoms with Gasteiger partial charge in [-0.25, -0.2) is 5.26 Å². The van der Waals surface area contributed by atoms with E-state index in [4.69, 9.17) is 21.3 Å². The van der Waals surface area contributed by atoms with Crippen LogP contribution in [0.1, 0.15) is 0 Å². The molecule has 16 heavy (non-hydrogen) atoms. The maximum Gasteiger partial charge on any atom is 0.296 e. The predicted octanol–water partition coefficient (Wildman–Crippen LogP) is 0.526. The Bertz CT molecular complexity index is 488. The lowest BCUT2D eigenvalue weighted by atomic mass is 10.3. The van der Waals surface area contributed by atoms with Gasteiger partial charge in [0.05, 0.1) is 22.6 Å². The fourth-order valence-corrected chi connectivity index (χ4v) is 2.18. The van der Waals surface area contributed by atoms with Gasteiger partial charge < -0.3 is 11.5 Å². The molecule has 0 aliphatic heterocycles. The Morgan fingerprint density at radius 3 is 2.44 bits per heavy atom. The third-order valence-electron chi connectivity index (χ3n) is 1.56. The van der Waals surface area contributed by atoms with Gasteiger partial charge in [0.1, 0.15) is 4.90 Å². The highest BCUT2D eigenvalue weighted by molar-refractivity contribution is 7.94. The Kier molecular flexibility index (Phi) is 3.96. The van der Waals surface area contributed by atoms with Crippen molar-refractivity contribution in [3.63, 3.8) is 0 Å². The van der Waals surface area contributed by atoms with Gasteiger partial charge in [0.25, 0.3) is 10.1 Å². The van der Waals surface area contributed by atoms with E-state index in [1.54, 1.807) is 0 Å². The predicted molar refractivity (Wildman–Crippen MR) is 55.7 cm³/mol. The van der Waals surface area contributed by atoms with Crippen molar-refractivity contribution < 1.29 is 27.6 Å². The SMILES string of the molecule is Nc1cc(SOOO)c(N)c(S(=O)(=O)O)c1. The average Bonchev–Trinajstić information content (AvgIpc) is 2.17. The lowest BCUT2D eigenvalue weighted by molar-refractivity contribution is -0.432. The van der Waals surface area contributed by atoms with E-state index < -0.39 is 15.0 Å². The molecule has 0 aliphatic rings. The third-order valence-corrected chi connectivity index (χ3v) is 3.10. The van der Waals surface area contributed by atoms with Crippen LogP contribution in [0.5, 0.6) is 0 Å². The molecule has 0 radical (unpaired) electrons. The Morgan fingerprint density at radius 2 is 1.94 bits per heavy atom. The molecule has 0 atom stereocenters. The Morgan fingerprint density at radius 1 is 1.31 bits per heavy atom. The summed E-state index contributed by atoms with van der Waals surface area (Å²) in [5.74, 6) is 0. The van der Waals surface area contributed by atoms with Crippen molar-refractivity contribution in [2.24, 2.45) is 0 Å². The van der Waals surface area contributed by atoms with Gasteiger partial charge in [0, 0.05) is 5.69 Å². The van der Waals surface area contributed by atoms with E-state index in [2.05, 4.69) is 9.37 Å². The van der Waals surface area contributed by atoms with Crippen LogP contribution in [0.4, 0.5) is 11.4 Å². The van der Waals surface area contributed by atoms with Gasteiger partial charge in [-0.05, 0) is 12.1 Å². The van der Waals surface area contributed by atoms with Crippen LogP contribution in [0.2, 0.25) is 0 Å². The average molecular weight is 268 g/mol. The summed E-state index contributed by atoms with van der Waals surface area (Å²) in [4.78, 5) is -0.474. The van der Waals surface area contributed by atoms with Gasteiger partial charge in [0.2, 0.25) is 0 Å². The maximum atomic E-state index is 10.9. The summed E-state index contributed by atoms with van der Waals surface area (Å²) in [6.07, 6.45) is 0. The summed E-state index contributed by atoms with van der Waals surface area (Å²) in [5.41, 5.74) is 10.6. The fourth-order valence-electron chi connectivity index (χ4n) is 0.956. The standard InChI is InChI=1S/C6H8N2O6S2/c7-3-1-4(15-14-13-9)6(8)5(2-3)16(10,11)12/h1-2,9H,7-8H2,(H,10,11,12). The summed E-state index contributed by atoms with van der Waals surface area (Å²) in [6, 6.07) is 2.28. The zero-order chi connectivity index (χ0) is 12.3. The molecule has 0 aliphatic carbocycles. The molecule has 0 saturated heterocycles. The van der Waals surface area contributed by atoms with Crippen molar-refractivity contribution in [2.45, 2.75) is 9.79 Å². The molecule has 1 rings (SSSR count). The molecule has 0 heterocycles. The van der Waals surface area contributed by atoms with Gasteiger partial charge >= 0.3 is 0 Å². The molecule has 90 valence electrons. The molecule has 0 fully saturated rings. The van der Waals surface area contributed by atoms with Crippen molar-refractivity contribution >= 4 is 33.5 Å². The Balaban J connectivity index is 3.27. The first-order valence-electron chi connectivity index (χ1n) is 3.67. The first kappa shape index (κ1) is 13.0. The second kappa shape index (κ2) is 4.86. The minimum atomic E-state index is -4.48. The molecular weight excluding hydrogens is 260 g/mol. The molecule has 0 spiro atoms. The van der Waals surface area contributed by atoms with E-state index in [1.165, 1.54) is 6.07 Å². The minimum Gasteiger partial charge on any atom is -0.399 e. The highest BCUT2D eigenvalue weighted by atomic mass is 32.2. The molecule has 8 nitrogen and oxygen atoms in total. The van der Waals surface area contributed by atoms with E-state index in [0.29, 0.717) is 12.0 Å². The van der Waals surface area contributed by atoms with Crippen LogP contribution >= 0.6 is 12.0 Å². The number of nitrogen functional groups attached to an aromatic ring is 2. The lowest BCUT2D eigenvalue weighted by Crippen LogP contribution is -2.05. The molecule has 0 bridgehead atoms. The molecule has 10 heteroatoms. The molecule has 1 aromatic carbocycles. The molecular formula is C6H8N2O6S2. The van der Waals surface area contributed by atoms with Crippen molar-refractivity contribution in [3.8, 4) is 0 Å². The summed E-state index contributed by atoms with van der Waals surface area (Å²) in [5, 5.41) is 11.3. The summed E-state index contributed by atoms with van der Waals surface area (Å²) >= 11 is 0.439. The summed E-state index contributed by atoms with van der Waals surface area (Å²) in [6.45, 7) is 0. The quantitative estimate of drug-likeness (QED) is 0.202. The van der Waals surface area contributed by atoms with Crippen LogP contribution < -0.4 is 11.5 Å². The second-order valence-corrected chi connectivity index (χ2v) is 4.76. The molecule has 0 aromatic heterocycles. The topological polar surface area (TPSA) is 145 Å². The van der Waals surface area contributed by atoms with Gasteiger partial charge in [-0.1, -0.05) is 5.04 Å². The number of nitrogens with two attached hydrogens (primary N) is 2. The van der Waals surface area contributed by atoms with Gasteiger partial charge in [-0.15, -0.1) is 4.33 Å². The largest absolute Gasteiger partial charge is 0.399 e. The summed E-state index contributed by atoms with van der Waals surface area (Å²) in [7, 11) is -4.48. The molecule has 1 aromatic rings. The van der Waals surface area contributed by atoms with Crippen LogP contribution in [0.15, 0.2) is 21.9 Å². The van der Waals surface area contributed by atoms with E-state index in [0.717, 1.165) is 6.07 Å². The van der Waals surface area contributed by atoms with Crippen LogP contribution in [0.3, 0.4) is 0 Å². The highest BCUT2D eigenvalue weighted by Gasteiger charge is 2.18.